The number of carbonyl (C=O) groups is 1. The van der Waals surface area contributed by atoms with Crippen LogP contribution in [-0.2, 0) is 9.53 Å². The summed E-state index contributed by atoms with van der Waals surface area (Å²) in [7, 11) is 1.40. The predicted molar refractivity (Wildman–Crippen MR) is 71.7 cm³/mol. The van der Waals surface area contributed by atoms with E-state index in [2.05, 4.69) is 5.32 Å². The number of para-hydroxylation sites is 1. The van der Waals surface area contributed by atoms with Gasteiger partial charge in [-0.05, 0) is 12.1 Å². The van der Waals surface area contributed by atoms with Gasteiger partial charge in [-0.3, -0.25) is 4.79 Å². The van der Waals surface area contributed by atoms with E-state index in [0.717, 1.165) is 0 Å². The van der Waals surface area contributed by atoms with Crippen LogP contribution in [0.1, 0.15) is 0 Å². The van der Waals surface area contributed by atoms with E-state index in [9.17, 15) is 18.0 Å². The molecule has 1 rings (SSSR count). The largest absolute Gasteiger partial charge is 0.398 e. The number of halogens is 3. The second-order valence-corrected chi connectivity index (χ2v) is 4.97. The summed E-state index contributed by atoms with van der Waals surface area (Å²) >= 11 is 0.609. The number of alkyl halides is 3. The Morgan fingerprint density at radius 1 is 1.45 bits per heavy atom. The van der Waals surface area contributed by atoms with Gasteiger partial charge < -0.3 is 15.8 Å². The first-order chi connectivity index (χ1) is 9.33. The minimum absolute atomic E-state index is 0.0314. The van der Waals surface area contributed by atoms with E-state index < -0.39 is 23.9 Å². The van der Waals surface area contributed by atoms with Crippen LogP contribution in [0.2, 0.25) is 0 Å². The molecule has 3 N–H and O–H groups in total. The zero-order valence-electron chi connectivity index (χ0n) is 10.7. The Bertz CT molecular complexity index is 455. The normalized spacial score (nSPS) is 13.1. The van der Waals surface area contributed by atoms with E-state index in [1.54, 1.807) is 12.1 Å². The summed E-state index contributed by atoms with van der Waals surface area (Å²) < 4.78 is 41.4. The van der Waals surface area contributed by atoms with Crippen molar-refractivity contribution in [3.8, 4) is 0 Å². The molecule has 1 amide bonds. The molecule has 0 aromatic heterocycles. The molecular weight excluding hydrogens is 293 g/mol. The molecular formula is C12H15F3N2O2S. The van der Waals surface area contributed by atoms with Crippen molar-refractivity contribution >= 4 is 23.4 Å². The maximum absolute atomic E-state index is 12.2. The third-order valence-corrected chi connectivity index (χ3v) is 3.36. The van der Waals surface area contributed by atoms with Crippen LogP contribution in [0.5, 0.6) is 0 Å². The zero-order chi connectivity index (χ0) is 15.2. The molecule has 0 fully saturated rings. The van der Waals surface area contributed by atoms with Gasteiger partial charge in [0.05, 0.1) is 18.0 Å². The first kappa shape index (κ1) is 16.8. The number of nitrogens with one attached hydrogen (secondary N) is 1. The first-order valence-corrected chi connectivity index (χ1v) is 6.66. The van der Waals surface area contributed by atoms with Gasteiger partial charge in [0.1, 0.15) is 6.04 Å². The third-order valence-electron chi connectivity index (χ3n) is 2.22. The molecule has 1 atom stereocenters. The fourth-order valence-electron chi connectivity index (χ4n) is 1.34. The van der Waals surface area contributed by atoms with Crippen molar-refractivity contribution < 1.29 is 22.7 Å². The molecule has 0 aliphatic carbocycles. The molecule has 4 nitrogen and oxygen atoms in total. The van der Waals surface area contributed by atoms with Crippen molar-refractivity contribution in [2.45, 2.75) is 17.1 Å². The molecule has 0 heterocycles. The van der Waals surface area contributed by atoms with Crippen LogP contribution >= 0.6 is 11.8 Å². The molecule has 0 bridgehead atoms. The van der Waals surface area contributed by atoms with Crippen molar-refractivity contribution in [2.24, 2.45) is 5.73 Å². The Balaban J connectivity index is 2.72. The van der Waals surface area contributed by atoms with Crippen molar-refractivity contribution in [1.82, 2.24) is 0 Å². The summed E-state index contributed by atoms with van der Waals surface area (Å²) in [6, 6.07) is 5.38. The summed E-state index contributed by atoms with van der Waals surface area (Å²) in [5, 5.41) is 2.50. The van der Waals surface area contributed by atoms with Gasteiger partial charge in [-0.2, -0.15) is 13.2 Å². The van der Waals surface area contributed by atoms with Gasteiger partial charge in [-0.15, -0.1) is 11.8 Å². The molecule has 1 aromatic rings. The molecule has 0 saturated carbocycles. The lowest BCUT2D eigenvalue weighted by atomic mass is 10.2. The number of methoxy groups -OCH3 is 1. The lowest BCUT2D eigenvalue weighted by Gasteiger charge is -2.14. The topological polar surface area (TPSA) is 64.3 Å². The van der Waals surface area contributed by atoms with Gasteiger partial charge in [-0.25, -0.2) is 0 Å². The molecule has 1 unspecified atom stereocenters. The average Bonchev–Trinajstić information content (AvgIpc) is 2.37. The third kappa shape index (κ3) is 5.81. The van der Waals surface area contributed by atoms with Crippen LogP contribution in [0, 0.1) is 0 Å². The van der Waals surface area contributed by atoms with Crippen LogP contribution in [-0.4, -0.2) is 37.6 Å². The monoisotopic (exact) mass is 308 g/mol. The van der Waals surface area contributed by atoms with E-state index in [4.69, 9.17) is 10.5 Å². The van der Waals surface area contributed by atoms with Crippen LogP contribution in [0.4, 0.5) is 18.9 Å². The van der Waals surface area contributed by atoms with E-state index >= 15 is 0 Å². The standard InChI is InChI=1S/C12H15F3N2O2S/c1-19-6-8(16)11(18)17-9-4-2-3-5-10(9)20-7-12(13,14)15/h2-5,8H,6-7,16H2,1H3,(H,17,18). The van der Waals surface area contributed by atoms with E-state index in [0.29, 0.717) is 22.3 Å². The Kier molecular flexibility index (Phi) is 6.31. The molecule has 112 valence electrons. The maximum Gasteiger partial charge on any atom is 0.398 e. The van der Waals surface area contributed by atoms with E-state index in [-0.39, 0.29) is 6.61 Å². The van der Waals surface area contributed by atoms with Gasteiger partial charge in [0.15, 0.2) is 0 Å². The van der Waals surface area contributed by atoms with Crippen LogP contribution in [0.3, 0.4) is 0 Å². The molecule has 1 aromatic carbocycles. The van der Waals surface area contributed by atoms with Gasteiger partial charge >= 0.3 is 6.18 Å². The highest BCUT2D eigenvalue weighted by molar-refractivity contribution is 7.99. The second-order valence-electron chi connectivity index (χ2n) is 3.95. The number of amides is 1. The summed E-state index contributed by atoms with van der Waals surface area (Å²) in [5.41, 5.74) is 5.85. The summed E-state index contributed by atoms with van der Waals surface area (Å²) in [6.07, 6.45) is -4.27. The summed E-state index contributed by atoms with van der Waals surface area (Å²) in [4.78, 5) is 12.0. The zero-order valence-corrected chi connectivity index (χ0v) is 11.6. The number of nitrogens with two attached hydrogens (primary N) is 1. The second kappa shape index (κ2) is 7.51. The number of hydrogen-bond acceptors (Lipinski definition) is 4. The fraction of sp³-hybridized carbons (Fsp3) is 0.417. The highest BCUT2D eigenvalue weighted by Gasteiger charge is 2.27. The molecule has 8 heteroatoms. The number of anilines is 1. The van der Waals surface area contributed by atoms with Crippen molar-refractivity contribution in [3.05, 3.63) is 24.3 Å². The Morgan fingerprint density at radius 2 is 2.10 bits per heavy atom. The Morgan fingerprint density at radius 3 is 2.70 bits per heavy atom. The Hall–Kier alpha value is -1.25. The van der Waals surface area contributed by atoms with Crippen molar-refractivity contribution in [2.75, 3.05) is 24.8 Å². The SMILES string of the molecule is COCC(N)C(=O)Nc1ccccc1SCC(F)(F)F. The molecule has 0 aliphatic rings. The molecule has 0 spiro atoms. The predicted octanol–water partition coefficient (Wildman–Crippen LogP) is 2.25. The van der Waals surface area contributed by atoms with Gasteiger partial charge in [-0.1, -0.05) is 12.1 Å². The van der Waals surface area contributed by atoms with E-state index in [1.165, 1.54) is 19.2 Å². The summed E-state index contributed by atoms with van der Waals surface area (Å²) in [5.74, 6) is -1.53. The Labute approximate surface area is 118 Å². The van der Waals surface area contributed by atoms with Gasteiger partial charge in [0.25, 0.3) is 0 Å². The van der Waals surface area contributed by atoms with Crippen molar-refractivity contribution in [1.29, 1.82) is 0 Å². The number of thioether (sulfide) groups is 1. The average molecular weight is 308 g/mol. The molecule has 0 radical (unpaired) electrons. The highest BCUT2D eigenvalue weighted by atomic mass is 32.2. The van der Waals surface area contributed by atoms with Crippen molar-refractivity contribution in [3.63, 3.8) is 0 Å². The minimum atomic E-state index is -4.27. The van der Waals surface area contributed by atoms with Gasteiger partial charge in [0, 0.05) is 12.0 Å². The minimum Gasteiger partial charge on any atom is -0.383 e. The van der Waals surface area contributed by atoms with Crippen LogP contribution in [0.15, 0.2) is 29.2 Å². The number of benzene rings is 1. The lowest BCUT2D eigenvalue weighted by molar-refractivity contribution is -0.118. The van der Waals surface area contributed by atoms with Crippen LogP contribution in [0.25, 0.3) is 0 Å². The number of rotatable bonds is 6. The van der Waals surface area contributed by atoms with Crippen LogP contribution < -0.4 is 11.1 Å². The molecule has 0 saturated heterocycles. The first-order valence-electron chi connectivity index (χ1n) is 5.67. The maximum atomic E-state index is 12.2. The molecule has 0 aliphatic heterocycles. The smallest absolute Gasteiger partial charge is 0.383 e. The summed E-state index contributed by atoms with van der Waals surface area (Å²) in [6.45, 7) is 0.0314. The van der Waals surface area contributed by atoms with Gasteiger partial charge in [0.2, 0.25) is 5.91 Å². The highest BCUT2D eigenvalue weighted by Crippen LogP contribution is 2.32. The lowest BCUT2D eigenvalue weighted by Crippen LogP contribution is -2.39. The quantitative estimate of drug-likeness (QED) is 0.791. The number of ether oxygens (including phenoxy) is 1. The number of carbonyl (C=O) groups excluding carboxylic acids is 1. The molecule has 20 heavy (non-hydrogen) atoms. The number of hydrogen-bond donors (Lipinski definition) is 2. The van der Waals surface area contributed by atoms with E-state index in [1.807, 2.05) is 0 Å². The fourth-order valence-corrected chi connectivity index (χ4v) is 2.10.